The zero-order chi connectivity index (χ0) is 6.41. The van der Waals surface area contributed by atoms with Crippen molar-refractivity contribution in [3.8, 4) is 6.07 Å². The number of carbonyl (C=O) groups excluding carboxylic acids is 1. The molecule has 2 N–H and O–H groups in total. The summed E-state index contributed by atoms with van der Waals surface area (Å²) in [6.07, 6.45) is 0.586. The number of nitrogens with zero attached hydrogens (tertiary/aromatic N) is 1. The summed E-state index contributed by atoms with van der Waals surface area (Å²) >= 11 is 0. The first-order chi connectivity index (χ1) is 3.81. The van der Waals surface area contributed by atoms with E-state index in [4.69, 9.17) is 11.0 Å². The van der Waals surface area contributed by atoms with E-state index in [9.17, 15) is 4.79 Å². The summed E-state index contributed by atoms with van der Waals surface area (Å²) in [5, 5.41) is 7.97. The monoisotopic (exact) mass is 112 g/mol. The SMILES string of the molecule is N#CCCC(=O)CN. The van der Waals surface area contributed by atoms with Gasteiger partial charge >= 0.3 is 0 Å². The lowest BCUT2D eigenvalue weighted by Crippen LogP contribution is -2.12. The van der Waals surface area contributed by atoms with Gasteiger partial charge in [-0.25, -0.2) is 0 Å². The van der Waals surface area contributed by atoms with Crippen molar-refractivity contribution in [2.45, 2.75) is 12.8 Å². The Morgan fingerprint density at radius 1 is 1.75 bits per heavy atom. The van der Waals surface area contributed by atoms with Gasteiger partial charge in [-0.3, -0.25) is 4.79 Å². The lowest BCUT2D eigenvalue weighted by Gasteiger charge is -1.86. The summed E-state index contributed by atoms with van der Waals surface area (Å²) in [4.78, 5) is 10.3. The highest BCUT2D eigenvalue weighted by atomic mass is 16.1. The van der Waals surface area contributed by atoms with Crippen LogP contribution in [-0.2, 0) is 4.79 Å². The molecule has 0 saturated carbocycles. The van der Waals surface area contributed by atoms with Gasteiger partial charge in [-0.2, -0.15) is 5.26 Å². The van der Waals surface area contributed by atoms with Crippen molar-refractivity contribution in [2.75, 3.05) is 6.54 Å². The van der Waals surface area contributed by atoms with Gasteiger partial charge < -0.3 is 5.73 Å². The van der Waals surface area contributed by atoms with Crippen molar-refractivity contribution in [3.05, 3.63) is 0 Å². The topological polar surface area (TPSA) is 66.9 Å². The van der Waals surface area contributed by atoms with Crippen LogP contribution in [0.1, 0.15) is 12.8 Å². The maximum atomic E-state index is 10.3. The molecule has 0 bridgehead atoms. The second kappa shape index (κ2) is 4.28. The van der Waals surface area contributed by atoms with Crippen LogP contribution in [0.15, 0.2) is 0 Å². The van der Waals surface area contributed by atoms with E-state index in [1.807, 2.05) is 6.07 Å². The third kappa shape index (κ3) is 3.32. The zero-order valence-electron chi connectivity index (χ0n) is 4.55. The molecule has 44 valence electrons. The van der Waals surface area contributed by atoms with Gasteiger partial charge in [0.15, 0.2) is 0 Å². The second-order valence-electron chi connectivity index (χ2n) is 1.40. The van der Waals surface area contributed by atoms with Crippen LogP contribution in [-0.4, -0.2) is 12.3 Å². The van der Waals surface area contributed by atoms with Crippen molar-refractivity contribution in [2.24, 2.45) is 5.73 Å². The highest BCUT2D eigenvalue weighted by Gasteiger charge is 1.94. The predicted octanol–water partition coefficient (Wildman–Crippen LogP) is -0.182. The zero-order valence-corrected chi connectivity index (χ0v) is 4.55. The van der Waals surface area contributed by atoms with Crippen LogP contribution in [0.4, 0.5) is 0 Å². The van der Waals surface area contributed by atoms with Gasteiger partial charge in [0.05, 0.1) is 12.6 Å². The van der Waals surface area contributed by atoms with Crippen LogP contribution in [0.25, 0.3) is 0 Å². The maximum absolute atomic E-state index is 10.3. The molecule has 0 heterocycles. The minimum atomic E-state index is -0.0495. The number of nitrogens with two attached hydrogens (primary N) is 1. The molecule has 0 radical (unpaired) electrons. The molecule has 0 atom stereocenters. The summed E-state index contributed by atoms with van der Waals surface area (Å²) in [5.74, 6) is -0.0495. The molecular formula is C5H8N2O. The Kier molecular flexibility index (Phi) is 3.81. The summed E-state index contributed by atoms with van der Waals surface area (Å²) in [7, 11) is 0. The molecule has 0 aromatic heterocycles. The van der Waals surface area contributed by atoms with Crippen LogP contribution >= 0.6 is 0 Å². The quantitative estimate of drug-likeness (QED) is 0.550. The smallest absolute Gasteiger partial charge is 0.147 e. The average Bonchev–Trinajstić information content (AvgIpc) is 1.83. The van der Waals surface area contributed by atoms with Gasteiger partial charge in [0.2, 0.25) is 0 Å². The minimum Gasteiger partial charge on any atom is -0.324 e. The first kappa shape index (κ1) is 7.12. The molecule has 8 heavy (non-hydrogen) atoms. The largest absolute Gasteiger partial charge is 0.324 e. The van der Waals surface area contributed by atoms with E-state index >= 15 is 0 Å². The van der Waals surface area contributed by atoms with Gasteiger partial charge in [-0.1, -0.05) is 0 Å². The maximum Gasteiger partial charge on any atom is 0.147 e. The average molecular weight is 112 g/mol. The minimum absolute atomic E-state index is 0.0495. The van der Waals surface area contributed by atoms with Crippen molar-refractivity contribution in [1.29, 1.82) is 5.26 Å². The fourth-order valence-electron chi connectivity index (χ4n) is 0.297. The molecule has 0 aliphatic heterocycles. The summed E-state index contributed by atoms with van der Waals surface area (Å²) in [6, 6.07) is 1.86. The predicted molar refractivity (Wildman–Crippen MR) is 28.9 cm³/mol. The van der Waals surface area contributed by atoms with E-state index in [2.05, 4.69) is 0 Å². The molecule has 0 amide bonds. The van der Waals surface area contributed by atoms with E-state index in [1.165, 1.54) is 0 Å². The Balaban J connectivity index is 3.15. The molecule has 0 unspecified atom stereocenters. The lowest BCUT2D eigenvalue weighted by molar-refractivity contribution is -0.117. The van der Waals surface area contributed by atoms with Crippen LogP contribution in [0.3, 0.4) is 0 Å². The van der Waals surface area contributed by atoms with Crippen molar-refractivity contribution in [3.63, 3.8) is 0 Å². The van der Waals surface area contributed by atoms with E-state index in [1.54, 1.807) is 0 Å². The van der Waals surface area contributed by atoms with Gasteiger partial charge in [0, 0.05) is 12.8 Å². The summed E-state index contributed by atoms with van der Waals surface area (Å²) in [5.41, 5.74) is 4.95. The molecule has 0 saturated heterocycles. The number of hydrogen-bond acceptors (Lipinski definition) is 3. The van der Waals surface area contributed by atoms with Gasteiger partial charge in [-0.15, -0.1) is 0 Å². The highest BCUT2D eigenvalue weighted by Crippen LogP contribution is 1.84. The van der Waals surface area contributed by atoms with E-state index < -0.39 is 0 Å². The lowest BCUT2D eigenvalue weighted by atomic mass is 10.2. The Morgan fingerprint density at radius 3 is 2.75 bits per heavy atom. The second-order valence-corrected chi connectivity index (χ2v) is 1.40. The van der Waals surface area contributed by atoms with Crippen LogP contribution in [0, 0.1) is 11.3 Å². The number of Topliss-reactive ketones (excluding diaryl/α,β-unsaturated/α-hetero) is 1. The summed E-state index contributed by atoms with van der Waals surface area (Å²) in [6.45, 7) is 0.0572. The van der Waals surface area contributed by atoms with Gasteiger partial charge in [0.25, 0.3) is 0 Å². The number of carbonyl (C=O) groups is 1. The van der Waals surface area contributed by atoms with Crippen LogP contribution < -0.4 is 5.73 Å². The van der Waals surface area contributed by atoms with E-state index in [-0.39, 0.29) is 18.7 Å². The van der Waals surface area contributed by atoms with Crippen LogP contribution in [0.2, 0.25) is 0 Å². The van der Waals surface area contributed by atoms with E-state index in [0.717, 1.165) is 0 Å². The Bertz CT molecular complexity index is 114. The Labute approximate surface area is 48.1 Å². The molecule has 0 rings (SSSR count). The molecule has 0 spiro atoms. The standard InChI is InChI=1S/C5H8N2O/c6-3-1-2-5(8)4-7/h1-2,4,7H2. The fourth-order valence-corrected chi connectivity index (χ4v) is 0.297. The van der Waals surface area contributed by atoms with Crippen LogP contribution in [0.5, 0.6) is 0 Å². The fraction of sp³-hybridized carbons (Fsp3) is 0.600. The number of ketones is 1. The first-order valence-corrected chi connectivity index (χ1v) is 2.40. The Morgan fingerprint density at radius 2 is 2.38 bits per heavy atom. The first-order valence-electron chi connectivity index (χ1n) is 2.40. The van der Waals surface area contributed by atoms with Crippen molar-refractivity contribution in [1.82, 2.24) is 0 Å². The third-order valence-electron chi connectivity index (χ3n) is 0.743. The molecule has 0 aromatic rings. The Hall–Kier alpha value is -0.880. The number of nitriles is 1. The molecule has 3 heteroatoms. The molecule has 0 aliphatic carbocycles. The number of hydrogen-bond donors (Lipinski definition) is 1. The van der Waals surface area contributed by atoms with Gasteiger partial charge in [-0.05, 0) is 0 Å². The van der Waals surface area contributed by atoms with Crippen molar-refractivity contribution >= 4 is 5.78 Å². The summed E-state index contributed by atoms with van der Waals surface area (Å²) < 4.78 is 0. The normalized spacial score (nSPS) is 8.00. The number of rotatable bonds is 3. The highest BCUT2D eigenvalue weighted by molar-refractivity contribution is 5.80. The van der Waals surface area contributed by atoms with E-state index in [0.29, 0.717) is 6.42 Å². The van der Waals surface area contributed by atoms with Gasteiger partial charge in [0.1, 0.15) is 5.78 Å². The van der Waals surface area contributed by atoms with Crippen molar-refractivity contribution < 1.29 is 4.79 Å². The molecule has 0 fully saturated rings. The molecule has 3 nitrogen and oxygen atoms in total. The molecule has 0 aliphatic rings. The third-order valence-corrected chi connectivity index (χ3v) is 0.743. The molecule has 0 aromatic carbocycles. The molecular weight excluding hydrogens is 104 g/mol.